The molecule has 0 spiro atoms. The molecule has 120 valence electrons. The number of hydrogen-bond donors (Lipinski definition) is 0. The Kier molecular flexibility index (Phi) is 5.36. The number of hydrogen-bond acceptors (Lipinski definition) is 3. The van der Waals surface area contributed by atoms with Crippen molar-refractivity contribution >= 4 is 6.03 Å². The van der Waals surface area contributed by atoms with Crippen molar-refractivity contribution in [2.24, 2.45) is 5.92 Å². The van der Waals surface area contributed by atoms with E-state index in [1.54, 1.807) is 0 Å². The van der Waals surface area contributed by atoms with Gasteiger partial charge in [0.05, 0.1) is 13.2 Å². The molecule has 3 rings (SSSR count). The van der Waals surface area contributed by atoms with Crippen molar-refractivity contribution in [2.45, 2.75) is 32.1 Å². The molecule has 2 aliphatic heterocycles. The van der Waals surface area contributed by atoms with Gasteiger partial charge in [0.25, 0.3) is 0 Å². The molecule has 2 heterocycles. The van der Waals surface area contributed by atoms with Crippen molar-refractivity contribution in [3.63, 3.8) is 0 Å². The minimum absolute atomic E-state index is 0.218. The van der Waals surface area contributed by atoms with E-state index < -0.39 is 0 Å². The number of ether oxygens (including phenoxy) is 1. The molecular formula is C16H29N3O2. The second-order valence-electron chi connectivity index (χ2n) is 6.67. The van der Waals surface area contributed by atoms with E-state index in [2.05, 4.69) is 4.90 Å². The summed E-state index contributed by atoms with van der Waals surface area (Å²) in [5.41, 5.74) is 0. The quantitative estimate of drug-likeness (QED) is 0.777. The average Bonchev–Trinajstić information content (AvgIpc) is 2.57. The van der Waals surface area contributed by atoms with Gasteiger partial charge in [-0.1, -0.05) is 19.3 Å². The van der Waals surface area contributed by atoms with E-state index in [1.807, 2.05) is 9.80 Å². The summed E-state index contributed by atoms with van der Waals surface area (Å²) in [4.78, 5) is 19.0. The minimum atomic E-state index is 0.218. The topological polar surface area (TPSA) is 36.0 Å². The van der Waals surface area contributed by atoms with Gasteiger partial charge in [0.1, 0.15) is 0 Å². The van der Waals surface area contributed by atoms with Crippen LogP contribution in [0, 0.1) is 5.92 Å². The van der Waals surface area contributed by atoms with Crippen LogP contribution in [-0.4, -0.2) is 79.8 Å². The summed E-state index contributed by atoms with van der Waals surface area (Å²) in [7, 11) is 0. The van der Waals surface area contributed by atoms with Crippen LogP contribution in [-0.2, 0) is 4.74 Å². The molecule has 0 unspecified atom stereocenters. The second kappa shape index (κ2) is 7.45. The Morgan fingerprint density at radius 1 is 0.857 bits per heavy atom. The van der Waals surface area contributed by atoms with Crippen LogP contribution in [0.5, 0.6) is 0 Å². The maximum Gasteiger partial charge on any atom is 0.320 e. The molecule has 21 heavy (non-hydrogen) atoms. The van der Waals surface area contributed by atoms with E-state index in [4.69, 9.17) is 4.74 Å². The molecule has 3 aliphatic rings. The van der Waals surface area contributed by atoms with E-state index in [1.165, 1.54) is 38.6 Å². The van der Waals surface area contributed by atoms with Crippen LogP contribution in [0.3, 0.4) is 0 Å². The summed E-state index contributed by atoms with van der Waals surface area (Å²) in [6.45, 7) is 8.01. The van der Waals surface area contributed by atoms with Crippen molar-refractivity contribution in [3.8, 4) is 0 Å². The first-order valence-corrected chi connectivity index (χ1v) is 8.67. The third-order valence-electron chi connectivity index (χ3n) is 5.17. The normalized spacial score (nSPS) is 26.1. The summed E-state index contributed by atoms with van der Waals surface area (Å²) in [6.07, 6.45) is 7.08. The molecule has 0 N–H and O–H groups in total. The molecule has 0 aromatic carbocycles. The maximum atomic E-state index is 12.4. The highest BCUT2D eigenvalue weighted by molar-refractivity contribution is 5.74. The number of carbonyl (C=O) groups is 1. The van der Waals surface area contributed by atoms with Gasteiger partial charge in [-0.25, -0.2) is 4.79 Å². The minimum Gasteiger partial charge on any atom is -0.378 e. The zero-order valence-electron chi connectivity index (χ0n) is 13.1. The smallest absolute Gasteiger partial charge is 0.320 e. The van der Waals surface area contributed by atoms with Gasteiger partial charge < -0.3 is 14.5 Å². The van der Waals surface area contributed by atoms with Gasteiger partial charge in [0, 0.05) is 45.8 Å². The van der Waals surface area contributed by atoms with Crippen molar-refractivity contribution in [3.05, 3.63) is 0 Å². The molecule has 1 aliphatic carbocycles. The first kappa shape index (κ1) is 15.1. The molecule has 2 saturated heterocycles. The Labute approximate surface area is 128 Å². The zero-order valence-corrected chi connectivity index (χ0v) is 13.1. The van der Waals surface area contributed by atoms with Gasteiger partial charge >= 0.3 is 6.03 Å². The van der Waals surface area contributed by atoms with Gasteiger partial charge in [-0.2, -0.15) is 0 Å². The van der Waals surface area contributed by atoms with Crippen LogP contribution >= 0.6 is 0 Å². The molecule has 5 nitrogen and oxygen atoms in total. The third-order valence-corrected chi connectivity index (χ3v) is 5.17. The Bertz CT molecular complexity index is 330. The number of carbonyl (C=O) groups excluding carboxylic acids is 1. The van der Waals surface area contributed by atoms with E-state index in [0.717, 1.165) is 45.2 Å². The van der Waals surface area contributed by atoms with Crippen molar-refractivity contribution in [2.75, 3.05) is 59.0 Å². The number of morpholine rings is 1. The molecule has 0 aromatic rings. The standard InChI is InChI=1S/C16H29N3O2/c20-16(19-10-12-21-13-11-19)18-8-6-17(7-9-18)14-15-4-2-1-3-5-15/h15H,1-14H2. The lowest BCUT2D eigenvalue weighted by Crippen LogP contribution is -2.55. The number of amides is 2. The molecule has 2 amide bonds. The molecule has 0 aromatic heterocycles. The maximum absolute atomic E-state index is 12.4. The Balaban J connectivity index is 1.40. The van der Waals surface area contributed by atoms with Gasteiger partial charge in [-0.05, 0) is 18.8 Å². The van der Waals surface area contributed by atoms with Gasteiger partial charge in [0.2, 0.25) is 0 Å². The lowest BCUT2D eigenvalue weighted by molar-refractivity contribution is 0.0364. The Morgan fingerprint density at radius 3 is 2.14 bits per heavy atom. The van der Waals surface area contributed by atoms with Crippen LogP contribution in [0.2, 0.25) is 0 Å². The van der Waals surface area contributed by atoms with Crippen LogP contribution in [0.25, 0.3) is 0 Å². The lowest BCUT2D eigenvalue weighted by Gasteiger charge is -2.39. The molecule has 3 fully saturated rings. The summed E-state index contributed by atoms with van der Waals surface area (Å²) in [5.74, 6) is 0.903. The summed E-state index contributed by atoms with van der Waals surface area (Å²) in [5, 5.41) is 0. The van der Waals surface area contributed by atoms with Crippen LogP contribution in [0.15, 0.2) is 0 Å². The van der Waals surface area contributed by atoms with Gasteiger partial charge in [-0.3, -0.25) is 4.90 Å². The SMILES string of the molecule is O=C(N1CCOCC1)N1CCN(CC2CCCCC2)CC1. The summed E-state index contributed by atoms with van der Waals surface area (Å²) < 4.78 is 5.32. The number of urea groups is 1. The lowest BCUT2D eigenvalue weighted by atomic mass is 9.89. The van der Waals surface area contributed by atoms with Gasteiger partial charge in [0.15, 0.2) is 0 Å². The highest BCUT2D eigenvalue weighted by Crippen LogP contribution is 2.24. The fourth-order valence-corrected chi connectivity index (χ4v) is 3.81. The van der Waals surface area contributed by atoms with Crippen molar-refractivity contribution < 1.29 is 9.53 Å². The predicted molar refractivity (Wildman–Crippen MR) is 82.4 cm³/mol. The molecule has 0 bridgehead atoms. The molecule has 0 atom stereocenters. The molecular weight excluding hydrogens is 266 g/mol. The van der Waals surface area contributed by atoms with Crippen molar-refractivity contribution in [1.82, 2.24) is 14.7 Å². The summed E-state index contributed by atoms with van der Waals surface area (Å²) >= 11 is 0. The predicted octanol–water partition coefficient (Wildman–Crippen LogP) is 1.64. The Morgan fingerprint density at radius 2 is 1.48 bits per heavy atom. The van der Waals surface area contributed by atoms with E-state index >= 15 is 0 Å². The highest BCUT2D eigenvalue weighted by atomic mass is 16.5. The third kappa shape index (κ3) is 4.10. The monoisotopic (exact) mass is 295 g/mol. The number of rotatable bonds is 2. The zero-order chi connectivity index (χ0) is 14.5. The number of piperazine rings is 1. The molecule has 5 heteroatoms. The van der Waals surface area contributed by atoms with Crippen molar-refractivity contribution in [1.29, 1.82) is 0 Å². The van der Waals surface area contributed by atoms with E-state index in [9.17, 15) is 4.79 Å². The van der Waals surface area contributed by atoms with Crippen LogP contribution < -0.4 is 0 Å². The second-order valence-corrected chi connectivity index (χ2v) is 6.67. The number of nitrogens with zero attached hydrogens (tertiary/aromatic N) is 3. The first-order valence-electron chi connectivity index (χ1n) is 8.67. The molecule has 0 radical (unpaired) electrons. The summed E-state index contributed by atoms with van der Waals surface area (Å²) in [6, 6.07) is 0.218. The molecule has 1 saturated carbocycles. The van der Waals surface area contributed by atoms with Crippen LogP contribution in [0.4, 0.5) is 4.79 Å². The van der Waals surface area contributed by atoms with Gasteiger partial charge in [-0.15, -0.1) is 0 Å². The fourth-order valence-electron chi connectivity index (χ4n) is 3.81. The largest absolute Gasteiger partial charge is 0.378 e. The van der Waals surface area contributed by atoms with E-state index in [0.29, 0.717) is 13.2 Å². The highest BCUT2D eigenvalue weighted by Gasteiger charge is 2.27. The fraction of sp³-hybridized carbons (Fsp3) is 0.938. The van der Waals surface area contributed by atoms with E-state index in [-0.39, 0.29) is 6.03 Å². The Hall–Kier alpha value is -0.810. The van der Waals surface area contributed by atoms with Crippen LogP contribution in [0.1, 0.15) is 32.1 Å². The average molecular weight is 295 g/mol. The first-order chi connectivity index (χ1) is 10.3.